The smallest absolute Gasteiger partial charge is 0.340 e. The highest BCUT2D eigenvalue weighted by Crippen LogP contribution is 2.35. The van der Waals surface area contributed by atoms with Crippen LogP contribution in [-0.2, 0) is 11.8 Å². The van der Waals surface area contributed by atoms with Crippen LogP contribution in [0.3, 0.4) is 0 Å². The lowest BCUT2D eigenvalue weighted by atomic mass is 10.1. The third-order valence-corrected chi connectivity index (χ3v) is 3.48. The summed E-state index contributed by atoms with van der Waals surface area (Å²) in [7, 11) is 1.79. The van der Waals surface area contributed by atoms with Crippen molar-refractivity contribution in [2.24, 2.45) is 7.05 Å². The summed E-state index contributed by atoms with van der Waals surface area (Å²) in [4.78, 5) is 22.9. The van der Waals surface area contributed by atoms with E-state index in [9.17, 15) is 14.9 Å². The van der Waals surface area contributed by atoms with E-state index in [4.69, 9.17) is 4.74 Å². The second-order valence-corrected chi connectivity index (χ2v) is 4.62. The lowest BCUT2D eigenvalue weighted by Crippen LogP contribution is -2.07. The Hall–Kier alpha value is -2.37. The molecule has 0 spiro atoms. The number of aromatic nitrogens is 1. The van der Waals surface area contributed by atoms with Crippen molar-refractivity contribution in [3.8, 4) is 0 Å². The van der Waals surface area contributed by atoms with Gasteiger partial charge in [-0.1, -0.05) is 6.07 Å². The predicted molar refractivity (Wildman–Crippen MR) is 75.0 cm³/mol. The highest BCUT2D eigenvalue weighted by atomic mass is 16.6. The second-order valence-electron chi connectivity index (χ2n) is 4.62. The molecule has 0 amide bonds. The average molecular weight is 276 g/mol. The van der Waals surface area contributed by atoms with E-state index in [-0.39, 0.29) is 17.9 Å². The Bertz CT molecular complexity index is 716. The fourth-order valence-corrected chi connectivity index (χ4v) is 2.48. The van der Waals surface area contributed by atoms with E-state index >= 15 is 0 Å². The Kier molecular flexibility index (Phi) is 3.48. The molecule has 2 aromatic rings. The SMILES string of the molecule is CCOC(=O)c1c(C)n(C)c2c(C)ccc([N+](=O)[O-])c12. The number of benzene rings is 1. The fourth-order valence-electron chi connectivity index (χ4n) is 2.48. The number of carbonyl (C=O) groups excluding carboxylic acids is 1. The maximum Gasteiger partial charge on any atom is 0.340 e. The fraction of sp³-hybridized carbons (Fsp3) is 0.357. The summed E-state index contributed by atoms with van der Waals surface area (Å²) in [5.41, 5.74) is 2.44. The molecule has 0 unspecified atom stereocenters. The number of nitro groups is 1. The Balaban J connectivity index is 2.93. The van der Waals surface area contributed by atoms with Gasteiger partial charge in [0.1, 0.15) is 0 Å². The van der Waals surface area contributed by atoms with Gasteiger partial charge in [0.15, 0.2) is 0 Å². The van der Waals surface area contributed by atoms with Crippen LogP contribution in [0.5, 0.6) is 0 Å². The van der Waals surface area contributed by atoms with Gasteiger partial charge in [-0.15, -0.1) is 0 Å². The van der Waals surface area contributed by atoms with Gasteiger partial charge in [-0.2, -0.15) is 0 Å². The quantitative estimate of drug-likeness (QED) is 0.491. The van der Waals surface area contributed by atoms with Gasteiger partial charge in [0, 0.05) is 18.8 Å². The number of rotatable bonds is 3. The number of nitrogens with zero attached hydrogens (tertiary/aromatic N) is 2. The van der Waals surface area contributed by atoms with Crippen molar-refractivity contribution in [3.63, 3.8) is 0 Å². The van der Waals surface area contributed by atoms with E-state index in [0.29, 0.717) is 16.6 Å². The van der Waals surface area contributed by atoms with Crippen LogP contribution in [0.25, 0.3) is 10.9 Å². The molecule has 1 aromatic carbocycles. The van der Waals surface area contributed by atoms with Crippen molar-refractivity contribution in [1.82, 2.24) is 4.57 Å². The summed E-state index contributed by atoms with van der Waals surface area (Å²) >= 11 is 0. The van der Waals surface area contributed by atoms with E-state index in [1.165, 1.54) is 6.07 Å². The molecular formula is C14H16N2O4. The van der Waals surface area contributed by atoms with Crippen LogP contribution in [0.1, 0.15) is 28.5 Å². The van der Waals surface area contributed by atoms with E-state index in [0.717, 1.165) is 5.56 Å². The average Bonchev–Trinajstić information content (AvgIpc) is 2.63. The molecule has 0 fully saturated rings. The van der Waals surface area contributed by atoms with Gasteiger partial charge in [0.05, 0.1) is 28.0 Å². The van der Waals surface area contributed by atoms with E-state index in [2.05, 4.69) is 0 Å². The number of hydrogen-bond acceptors (Lipinski definition) is 4. The molecule has 0 saturated heterocycles. The van der Waals surface area contributed by atoms with Gasteiger partial charge in [-0.05, 0) is 26.3 Å². The van der Waals surface area contributed by atoms with Crippen LogP contribution in [0.15, 0.2) is 12.1 Å². The van der Waals surface area contributed by atoms with Crippen molar-refractivity contribution < 1.29 is 14.5 Å². The van der Waals surface area contributed by atoms with Gasteiger partial charge in [0.25, 0.3) is 5.69 Å². The predicted octanol–water partition coefficient (Wildman–Crippen LogP) is 2.88. The Morgan fingerprint density at radius 2 is 2.05 bits per heavy atom. The van der Waals surface area contributed by atoms with Gasteiger partial charge < -0.3 is 9.30 Å². The van der Waals surface area contributed by atoms with Crippen molar-refractivity contribution in [3.05, 3.63) is 39.1 Å². The van der Waals surface area contributed by atoms with Crippen LogP contribution in [-0.4, -0.2) is 22.1 Å². The number of non-ortho nitro benzene ring substituents is 1. The van der Waals surface area contributed by atoms with Crippen LogP contribution in [0.2, 0.25) is 0 Å². The summed E-state index contributed by atoms with van der Waals surface area (Å²) in [6.07, 6.45) is 0. The maximum absolute atomic E-state index is 12.1. The molecule has 6 heteroatoms. The van der Waals surface area contributed by atoms with E-state index < -0.39 is 10.9 Å². The third kappa shape index (κ3) is 1.93. The van der Waals surface area contributed by atoms with E-state index in [1.54, 1.807) is 31.5 Å². The topological polar surface area (TPSA) is 74.4 Å². The molecule has 6 nitrogen and oxygen atoms in total. The van der Waals surface area contributed by atoms with Gasteiger partial charge >= 0.3 is 5.97 Å². The Morgan fingerprint density at radius 3 is 2.60 bits per heavy atom. The maximum atomic E-state index is 12.1. The highest BCUT2D eigenvalue weighted by Gasteiger charge is 2.27. The summed E-state index contributed by atoms with van der Waals surface area (Å²) in [5.74, 6) is -0.524. The lowest BCUT2D eigenvalue weighted by molar-refractivity contribution is -0.383. The van der Waals surface area contributed by atoms with Crippen LogP contribution >= 0.6 is 0 Å². The molecule has 0 radical (unpaired) electrons. The normalized spacial score (nSPS) is 10.8. The minimum Gasteiger partial charge on any atom is -0.462 e. The highest BCUT2D eigenvalue weighted by molar-refractivity contribution is 6.10. The number of hydrogen-bond donors (Lipinski definition) is 0. The van der Waals surface area contributed by atoms with Crippen LogP contribution in [0, 0.1) is 24.0 Å². The van der Waals surface area contributed by atoms with Gasteiger partial charge in [-0.25, -0.2) is 4.79 Å². The standard InChI is InChI=1S/C14H16N2O4/c1-5-20-14(17)11-9(3)15(4)13-8(2)6-7-10(12(11)13)16(18)19/h6-7H,5H2,1-4H3. The molecule has 0 N–H and O–H groups in total. The molecule has 1 heterocycles. The summed E-state index contributed by atoms with van der Waals surface area (Å²) in [6, 6.07) is 3.12. The zero-order valence-corrected chi connectivity index (χ0v) is 11.9. The zero-order chi connectivity index (χ0) is 15.0. The molecule has 0 saturated carbocycles. The van der Waals surface area contributed by atoms with E-state index in [1.807, 2.05) is 6.92 Å². The first kappa shape index (κ1) is 14.0. The molecule has 20 heavy (non-hydrogen) atoms. The van der Waals surface area contributed by atoms with Crippen molar-refractivity contribution in [2.45, 2.75) is 20.8 Å². The first-order valence-corrected chi connectivity index (χ1v) is 6.30. The number of nitro benzene ring substituents is 1. The van der Waals surface area contributed by atoms with Gasteiger partial charge in [0.2, 0.25) is 0 Å². The number of fused-ring (bicyclic) bond motifs is 1. The molecule has 2 rings (SSSR count). The molecular weight excluding hydrogens is 260 g/mol. The second kappa shape index (κ2) is 4.96. The first-order valence-electron chi connectivity index (χ1n) is 6.30. The monoisotopic (exact) mass is 276 g/mol. The molecule has 0 aliphatic heterocycles. The van der Waals surface area contributed by atoms with Crippen molar-refractivity contribution >= 4 is 22.6 Å². The largest absolute Gasteiger partial charge is 0.462 e. The Morgan fingerprint density at radius 1 is 1.40 bits per heavy atom. The minimum absolute atomic E-state index is 0.0719. The molecule has 1 aromatic heterocycles. The number of esters is 1. The van der Waals surface area contributed by atoms with Crippen molar-refractivity contribution in [2.75, 3.05) is 6.61 Å². The number of carbonyl (C=O) groups is 1. The molecule has 0 atom stereocenters. The number of aryl methyl sites for hydroxylation is 2. The van der Waals surface area contributed by atoms with Crippen LogP contribution < -0.4 is 0 Å². The zero-order valence-electron chi connectivity index (χ0n) is 11.9. The van der Waals surface area contributed by atoms with Gasteiger partial charge in [-0.3, -0.25) is 10.1 Å². The molecule has 0 aliphatic rings. The first-order chi connectivity index (χ1) is 9.40. The minimum atomic E-state index is -0.524. The molecule has 106 valence electrons. The summed E-state index contributed by atoms with van der Waals surface area (Å²) in [5, 5.41) is 11.6. The van der Waals surface area contributed by atoms with Crippen molar-refractivity contribution in [1.29, 1.82) is 0 Å². The number of ether oxygens (including phenoxy) is 1. The lowest BCUT2D eigenvalue weighted by Gasteiger charge is -2.02. The third-order valence-electron chi connectivity index (χ3n) is 3.48. The summed E-state index contributed by atoms with van der Waals surface area (Å²) in [6.45, 7) is 5.56. The molecule has 0 bridgehead atoms. The van der Waals surface area contributed by atoms with Crippen LogP contribution in [0.4, 0.5) is 5.69 Å². The Labute approximate surface area is 116 Å². The molecule has 0 aliphatic carbocycles. The summed E-state index contributed by atoms with van der Waals surface area (Å²) < 4.78 is 6.83.